The van der Waals surface area contributed by atoms with Crippen molar-refractivity contribution < 1.29 is 0 Å². The fourth-order valence-corrected chi connectivity index (χ4v) is 50.6. The molecule has 9 nitrogen and oxygen atoms in total. The van der Waals surface area contributed by atoms with Crippen LogP contribution in [0.15, 0.2) is 0 Å². The van der Waals surface area contributed by atoms with Crippen molar-refractivity contribution in [1.82, 2.24) is 0 Å². The van der Waals surface area contributed by atoms with Crippen LogP contribution in [0.1, 0.15) is 0 Å². The van der Waals surface area contributed by atoms with Crippen LogP contribution in [-0.4, -0.2) is 101 Å². The minimum atomic E-state index is -0.665. The third kappa shape index (κ3) is 105. The second kappa shape index (κ2) is 29.5. The number of rotatable bonds is 12. The fourth-order valence-electron chi connectivity index (χ4n) is 2.81. The van der Waals surface area contributed by atoms with Crippen molar-refractivity contribution in [3.8, 4) is 0 Å². The molecule has 0 aromatic heterocycles. The summed E-state index contributed by atoms with van der Waals surface area (Å²) < 4.78 is 10.1. The Morgan fingerprint density at radius 2 is 0.357 bits per heavy atom. The van der Waals surface area contributed by atoms with Crippen LogP contribution in [0.2, 0.25) is 145 Å². The molecular weight excluding hydrogens is 792 g/mol. The first-order valence-electron chi connectivity index (χ1n) is 14.8. The van der Waals surface area contributed by atoms with E-state index in [0.29, 0.717) is 0 Å². The van der Waals surface area contributed by atoms with Crippen molar-refractivity contribution in [1.29, 1.82) is 0 Å². The monoisotopic (exact) mass is 855 g/mol. The summed E-state index contributed by atoms with van der Waals surface area (Å²) in [6.07, 6.45) is 0. The first kappa shape index (κ1) is 55.5. The molecule has 0 aromatic rings. The molecule has 0 bridgehead atoms. The normalized spacial score (nSPS) is 11.0. The first-order valence-corrected chi connectivity index (χ1v) is 47.3. The number of hydrogen-bond acceptors (Lipinski definition) is 0. The standard InChI is InChI=1S/6C4H11Si.3Ga.3N3/c6*1-5(2,3)4;;;;3*1-3-2/h6*1H2,2-4H3;;;;;;/q;;;;;;;;;3*-1. The number of nitrogens with zero attached hydrogens (tertiary/aromatic N) is 9. The van der Waals surface area contributed by atoms with Gasteiger partial charge in [-0.15, -0.1) is 0 Å². The Balaban J connectivity index is -0.000000101. The second-order valence-electron chi connectivity index (χ2n) is 17.7. The third-order valence-electron chi connectivity index (χ3n) is 4.54. The Hall–Kier alpha value is 1.14. The van der Waals surface area contributed by atoms with Gasteiger partial charge in [0.15, 0.2) is 0 Å². The molecule has 0 aliphatic rings. The van der Waals surface area contributed by atoms with Crippen molar-refractivity contribution >= 4 is 101 Å². The zero-order chi connectivity index (χ0) is 35.5. The molecule has 0 aromatic carbocycles. The first-order chi connectivity index (χ1) is 18.4. The zero-order valence-corrected chi connectivity index (χ0v) is 44.3. The molecule has 0 heterocycles. The van der Waals surface area contributed by atoms with Gasteiger partial charge in [0.25, 0.3) is 0 Å². The Labute approximate surface area is 291 Å². The van der Waals surface area contributed by atoms with E-state index in [1.165, 1.54) is 14.7 Å². The smallest absolute Gasteiger partial charge is 0.255 e. The molecule has 42 heavy (non-hydrogen) atoms. The van der Waals surface area contributed by atoms with E-state index in [4.69, 9.17) is 33.2 Å². The summed E-state index contributed by atoms with van der Waals surface area (Å²) in [7, 11) is -3.99. The number of hydrogen-bond donors (Lipinski definition) is 0. The minimum absolute atomic E-state index is 0.181. The van der Waals surface area contributed by atoms with Crippen molar-refractivity contribution in [3.63, 3.8) is 0 Å². The topological polar surface area (TPSA) is 176 Å². The van der Waals surface area contributed by atoms with Gasteiger partial charge in [-0.2, -0.15) is 0 Å². The molecular formula is C24H66Ga3N9Si6-3. The van der Waals surface area contributed by atoms with Gasteiger partial charge in [0.2, 0.25) is 0 Å². The van der Waals surface area contributed by atoms with Crippen molar-refractivity contribution in [2.24, 2.45) is 0 Å². The van der Waals surface area contributed by atoms with Crippen LogP contribution in [0.5, 0.6) is 0 Å². The summed E-state index contributed by atoms with van der Waals surface area (Å²) in [5.41, 5.74) is 40.5. The molecule has 0 atom stereocenters. The molecule has 0 saturated carbocycles. The van der Waals surface area contributed by atoms with Gasteiger partial charge in [-0.05, 0) is 0 Å². The Morgan fingerprint density at radius 3 is 0.405 bits per heavy atom. The third-order valence-corrected chi connectivity index (χ3v) is 70.8. The average Bonchev–Trinajstić information content (AvgIpc) is 2.64. The van der Waals surface area contributed by atoms with Crippen LogP contribution in [-0.2, 0) is 0 Å². The quantitative estimate of drug-likeness (QED) is 0.0786. The van der Waals surface area contributed by atoms with E-state index in [0.717, 1.165) is 0 Å². The SMILES string of the molecule is C[Si](C)(C)[CH2][Ga][CH2][Si](C)(C)C.C[Si](C)(C)[CH2][Ga][CH2][Si](C)(C)C.C[Si](C)(C)[CH2][Ga][CH2][Si](C)(C)C.[N-]=[N+]=[N-].[N-]=[N+]=[N-].[N-]=[N+]=[N-]. The molecule has 0 aliphatic carbocycles. The van der Waals surface area contributed by atoms with Gasteiger partial charge >= 0.3 is 246 Å². The molecule has 3 radical (unpaired) electrons. The van der Waals surface area contributed by atoms with Gasteiger partial charge in [0.05, 0.1) is 0 Å². The summed E-state index contributed by atoms with van der Waals surface area (Å²) in [6, 6.07) is 0. The molecule has 0 spiro atoms. The van der Waals surface area contributed by atoms with E-state index in [1.54, 1.807) is 27.6 Å². The average molecular weight is 859 g/mol. The molecule has 0 N–H and O–H groups in total. The van der Waals surface area contributed by atoms with Gasteiger partial charge in [-0.3, -0.25) is 14.7 Å². The van der Waals surface area contributed by atoms with Gasteiger partial charge in [0.1, 0.15) is 0 Å². The van der Waals surface area contributed by atoms with Crippen molar-refractivity contribution in [3.05, 3.63) is 47.9 Å². The van der Waals surface area contributed by atoms with Crippen molar-refractivity contribution in [2.45, 2.75) is 145 Å². The maximum Gasteiger partial charge on any atom is -0.255 e. The maximum absolute atomic E-state index is 6.75. The minimum Gasteiger partial charge on any atom is -0.373 e. The molecule has 18 heteroatoms. The second-order valence-corrected chi connectivity index (χ2v) is 70.0. The van der Waals surface area contributed by atoms with E-state index in [9.17, 15) is 0 Å². The van der Waals surface area contributed by atoms with E-state index in [1.807, 2.05) is 0 Å². The van der Waals surface area contributed by atoms with Crippen LogP contribution >= 0.6 is 0 Å². The fraction of sp³-hybridized carbons (Fsp3) is 1.00. The van der Waals surface area contributed by atoms with Crippen LogP contribution in [0.3, 0.4) is 0 Å². The van der Waals surface area contributed by atoms with Crippen LogP contribution in [0, 0.1) is 0 Å². The zero-order valence-electron chi connectivity index (χ0n) is 31.0. The van der Waals surface area contributed by atoms with Crippen LogP contribution in [0.25, 0.3) is 47.9 Å². The summed E-state index contributed by atoms with van der Waals surface area (Å²) in [4.78, 5) is 4.50. The largest absolute Gasteiger partial charge is 0.373 e. The molecule has 0 amide bonds. The molecule has 243 valence electrons. The van der Waals surface area contributed by atoms with E-state index < -0.39 is 48.4 Å². The summed E-state index contributed by atoms with van der Waals surface area (Å²) in [6.45, 7) is 45.2. The van der Waals surface area contributed by atoms with E-state index in [-0.39, 0.29) is 52.2 Å². The van der Waals surface area contributed by atoms with E-state index >= 15 is 0 Å². The van der Waals surface area contributed by atoms with Crippen LogP contribution in [0.4, 0.5) is 0 Å². The molecule has 0 rings (SSSR count). The predicted molar refractivity (Wildman–Crippen MR) is 216 cm³/mol. The van der Waals surface area contributed by atoms with Gasteiger partial charge in [0, 0.05) is 0 Å². The predicted octanol–water partition coefficient (Wildman–Crippen LogP) is 12.4. The van der Waals surface area contributed by atoms with Crippen molar-refractivity contribution in [2.75, 3.05) is 0 Å². The Bertz CT molecular complexity index is 592. The Kier molecular flexibility index (Phi) is 39.1. The molecule has 0 unspecified atom stereocenters. The Morgan fingerprint density at radius 1 is 0.286 bits per heavy atom. The van der Waals surface area contributed by atoms with Gasteiger partial charge < -0.3 is 33.2 Å². The van der Waals surface area contributed by atoms with Gasteiger partial charge in [-0.1, -0.05) is 0 Å². The summed E-state index contributed by atoms with van der Waals surface area (Å²) in [5.74, 6) is 0. The maximum atomic E-state index is 6.75. The van der Waals surface area contributed by atoms with E-state index in [2.05, 4.69) is 118 Å². The summed E-state index contributed by atoms with van der Waals surface area (Å²) in [5, 5.41) is 0. The molecule has 0 saturated heterocycles. The van der Waals surface area contributed by atoms with Crippen LogP contribution < -0.4 is 0 Å². The molecule has 0 aliphatic heterocycles. The molecule has 0 fully saturated rings. The summed E-state index contributed by atoms with van der Waals surface area (Å²) >= 11 is 0.542. The van der Waals surface area contributed by atoms with Gasteiger partial charge in [-0.25, -0.2) is 0 Å².